The van der Waals surface area contributed by atoms with Crippen molar-refractivity contribution >= 4 is 28.5 Å². The second-order valence-corrected chi connectivity index (χ2v) is 5.77. The number of nitrogens with one attached hydrogen (secondary N) is 3. The maximum atomic E-state index is 9.23. The van der Waals surface area contributed by atoms with Crippen LogP contribution in [0.15, 0.2) is 12.4 Å². The molecule has 3 heterocycles. The maximum Gasteiger partial charge on any atom is 0.231 e. The van der Waals surface area contributed by atoms with Gasteiger partial charge in [-0.15, -0.1) is 0 Å². The first-order chi connectivity index (χ1) is 11.5. The molecule has 124 valence electrons. The van der Waals surface area contributed by atoms with Crippen LogP contribution in [0.4, 0.5) is 17.5 Å². The molecule has 24 heavy (non-hydrogen) atoms. The summed E-state index contributed by atoms with van der Waals surface area (Å²) in [4.78, 5) is 12.0. The predicted octanol–water partition coefficient (Wildman–Crippen LogP) is 3.09. The molecule has 0 aromatic carbocycles. The van der Waals surface area contributed by atoms with Crippen LogP contribution in [0.25, 0.3) is 11.0 Å². The van der Waals surface area contributed by atoms with Crippen LogP contribution in [0, 0.1) is 18.3 Å². The molecular formula is C16H20N8. The van der Waals surface area contributed by atoms with E-state index in [1.807, 2.05) is 18.5 Å². The van der Waals surface area contributed by atoms with Gasteiger partial charge in [-0.25, -0.2) is 0 Å². The first-order valence-corrected chi connectivity index (χ1v) is 7.89. The summed E-state index contributed by atoms with van der Waals surface area (Å²) in [6.45, 7) is 8.85. The molecule has 0 atom stereocenters. The van der Waals surface area contributed by atoms with Crippen LogP contribution in [0.5, 0.6) is 0 Å². The Morgan fingerprint density at radius 1 is 1.38 bits per heavy atom. The van der Waals surface area contributed by atoms with Gasteiger partial charge in [-0.1, -0.05) is 0 Å². The van der Waals surface area contributed by atoms with Crippen molar-refractivity contribution in [2.24, 2.45) is 0 Å². The van der Waals surface area contributed by atoms with Crippen molar-refractivity contribution in [1.82, 2.24) is 24.7 Å². The van der Waals surface area contributed by atoms with Gasteiger partial charge in [0.05, 0.1) is 28.5 Å². The van der Waals surface area contributed by atoms with E-state index in [1.165, 1.54) is 0 Å². The molecule has 0 unspecified atom stereocenters. The fraction of sp³-hybridized carbons (Fsp3) is 0.375. The molecule has 8 heteroatoms. The zero-order chi connectivity index (χ0) is 17.3. The van der Waals surface area contributed by atoms with Crippen LogP contribution in [0.1, 0.15) is 38.1 Å². The van der Waals surface area contributed by atoms with Crippen LogP contribution in [-0.2, 0) is 0 Å². The Morgan fingerprint density at radius 3 is 2.79 bits per heavy atom. The Balaban J connectivity index is 2.03. The molecule has 3 rings (SSSR count). The zero-order valence-electron chi connectivity index (χ0n) is 14.2. The molecule has 0 amide bonds. The third-order valence-corrected chi connectivity index (χ3v) is 3.78. The Labute approximate surface area is 139 Å². The summed E-state index contributed by atoms with van der Waals surface area (Å²) in [5.41, 5.74) is 3.02. The van der Waals surface area contributed by atoms with Crippen molar-refractivity contribution in [3.8, 4) is 6.07 Å². The number of fused-ring (bicyclic) bond motifs is 1. The van der Waals surface area contributed by atoms with Crippen molar-refractivity contribution in [2.45, 2.75) is 33.7 Å². The normalized spacial score (nSPS) is 11.0. The lowest BCUT2D eigenvalue weighted by Gasteiger charge is -2.10. The SMILES string of the molecule is CCNc1nc(Nc2cnn(C(C)C)c2C)nc2[nH]cc(C#N)c12. The minimum atomic E-state index is 0.280. The Bertz CT molecular complexity index is 912. The number of nitrogens with zero attached hydrogens (tertiary/aromatic N) is 5. The van der Waals surface area contributed by atoms with Gasteiger partial charge in [-0.05, 0) is 27.7 Å². The van der Waals surface area contributed by atoms with Crippen molar-refractivity contribution in [1.29, 1.82) is 5.26 Å². The summed E-state index contributed by atoms with van der Waals surface area (Å²) in [6, 6.07) is 2.44. The quantitative estimate of drug-likeness (QED) is 0.665. The number of hydrogen-bond donors (Lipinski definition) is 3. The van der Waals surface area contributed by atoms with Crippen LogP contribution in [0.2, 0.25) is 0 Å². The van der Waals surface area contributed by atoms with Gasteiger partial charge in [0.2, 0.25) is 5.95 Å². The highest BCUT2D eigenvalue weighted by molar-refractivity contribution is 5.93. The molecule has 0 spiro atoms. The van der Waals surface area contributed by atoms with Gasteiger partial charge in [0.25, 0.3) is 0 Å². The highest BCUT2D eigenvalue weighted by atomic mass is 15.3. The van der Waals surface area contributed by atoms with E-state index >= 15 is 0 Å². The molecule has 0 bridgehead atoms. The molecule has 0 saturated carbocycles. The number of hydrogen-bond acceptors (Lipinski definition) is 6. The molecule has 0 aliphatic heterocycles. The summed E-state index contributed by atoms with van der Waals surface area (Å²) in [5.74, 6) is 1.09. The molecule has 0 aliphatic rings. The van der Waals surface area contributed by atoms with Gasteiger partial charge in [-0.2, -0.15) is 20.3 Å². The Morgan fingerprint density at radius 2 is 2.17 bits per heavy atom. The van der Waals surface area contributed by atoms with Crippen LogP contribution < -0.4 is 10.6 Å². The zero-order valence-corrected chi connectivity index (χ0v) is 14.2. The monoisotopic (exact) mass is 324 g/mol. The van der Waals surface area contributed by atoms with E-state index in [-0.39, 0.29) is 6.04 Å². The summed E-state index contributed by atoms with van der Waals surface area (Å²) >= 11 is 0. The molecule has 0 saturated heterocycles. The van der Waals surface area contributed by atoms with Crippen molar-refractivity contribution in [2.75, 3.05) is 17.2 Å². The Kier molecular flexibility index (Phi) is 4.08. The number of rotatable bonds is 5. The minimum Gasteiger partial charge on any atom is -0.370 e. The van der Waals surface area contributed by atoms with E-state index in [1.54, 1.807) is 12.4 Å². The maximum absolute atomic E-state index is 9.23. The molecule has 3 N–H and O–H groups in total. The van der Waals surface area contributed by atoms with Gasteiger partial charge in [0, 0.05) is 18.8 Å². The van der Waals surface area contributed by atoms with Gasteiger partial charge in [-0.3, -0.25) is 4.68 Å². The van der Waals surface area contributed by atoms with Crippen LogP contribution in [-0.4, -0.2) is 31.3 Å². The highest BCUT2D eigenvalue weighted by Gasteiger charge is 2.15. The summed E-state index contributed by atoms with van der Waals surface area (Å²) < 4.78 is 1.94. The second-order valence-electron chi connectivity index (χ2n) is 5.77. The topological polar surface area (TPSA) is 107 Å². The number of anilines is 3. The molecule has 0 aliphatic carbocycles. The van der Waals surface area contributed by atoms with E-state index in [0.29, 0.717) is 34.9 Å². The fourth-order valence-corrected chi connectivity index (χ4v) is 2.66. The van der Waals surface area contributed by atoms with Crippen LogP contribution >= 0.6 is 0 Å². The smallest absolute Gasteiger partial charge is 0.231 e. The van der Waals surface area contributed by atoms with E-state index in [4.69, 9.17) is 0 Å². The van der Waals surface area contributed by atoms with E-state index in [0.717, 1.165) is 11.4 Å². The largest absolute Gasteiger partial charge is 0.370 e. The van der Waals surface area contributed by atoms with Crippen molar-refractivity contribution in [3.63, 3.8) is 0 Å². The van der Waals surface area contributed by atoms with E-state index in [2.05, 4.69) is 50.6 Å². The molecule has 3 aromatic heterocycles. The van der Waals surface area contributed by atoms with E-state index < -0.39 is 0 Å². The molecule has 8 nitrogen and oxygen atoms in total. The lowest BCUT2D eigenvalue weighted by Crippen LogP contribution is -2.07. The fourth-order valence-electron chi connectivity index (χ4n) is 2.66. The molecular weight excluding hydrogens is 304 g/mol. The first kappa shape index (κ1) is 15.8. The van der Waals surface area contributed by atoms with Gasteiger partial charge in [0.1, 0.15) is 17.5 Å². The molecule has 3 aromatic rings. The third kappa shape index (κ3) is 2.65. The van der Waals surface area contributed by atoms with E-state index in [9.17, 15) is 5.26 Å². The third-order valence-electron chi connectivity index (χ3n) is 3.78. The summed E-state index contributed by atoms with van der Waals surface area (Å²) in [5, 5.41) is 20.7. The molecule has 0 radical (unpaired) electrons. The van der Waals surface area contributed by atoms with Crippen molar-refractivity contribution < 1.29 is 0 Å². The van der Waals surface area contributed by atoms with Crippen molar-refractivity contribution in [3.05, 3.63) is 23.7 Å². The average Bonchev–Trinajstić information content (AvgIpc) is 3.12. The van der Waals surface area contributed by atoms with Gasteiger partial charge >= 0.3 is 0 Å². The Hall–Kier alpha value is -3.08. The highest BCUT2D eigenvalue weighted by Crippen LogP contribution is 2.27. The summed E-state index contributed by atoms with van der Waals surface area (Å²) in [6.07, 6.45) is 3.41. The first-order valence-electron chi connectivity index (χ1n) is 7.89. The minimum absolute atomic E-state index is 0.280. The number of H-pyrrole nitrogens is 1. The van der Waals surface area contributed by atoms with Crippen LogP contribution in [0.3, 0.4) is 0 Å². The predicted molar refractivity (Wildman–Crippen MR) is 93.4 cm³/mol. The summed E-state index contributed by atoms with van der Waals surface area (Å²) in [7, 11) is 0. The molecule has 0 fully saturated rings. The lowest BCUT2D eigenvalue weighted by molar-refractivity contribution is 0.519. The standard InChI is InChI=1S/C16H20N8/c1-5-18-14-13-11(6-17)7-19-15(13)23-16(22-14)21-12-8-20-24(9(2)3)10(12)4/h7-9H,5H2,1-4H3,(H3,18,19,21,22,23). The number of aromatic amines is 1. The number of aromatic nitrogens is 5. The lowest BCUT2D eigenvalue weighted by atomic mass is 10.2. The average molecular weight is 324 g/mol. The second kappa shape index (κ2) is 6.20. The number of nitriles is 1. The van der Waals surface area contributed by atoms with Gasteiger partial charge < -0.3 is 15.6 Å². The van der Waals surface area contributed by atoms with Gasteiger partial charge in [0.15, 0.2) is 0 Å².